The number of benzene rings is 4. The summed E-state index contributed by atoms with van der Waals surface area (Å²) >= 11 is 6.48. The fraction of sp³-hybridized carbons (Fsp3) is 0. The fourth-order valence-electron chi connectivity index (χ4n) is 3.78. The summed E-state index contributed by atoms with van der Waals surface area (Å²) < 4.78 is 0. The molecular formula is C27H22ClNOP+. The van der Waals surface area contributed by atoms with Crippen LogP contribution in [0.15, 0.2) is 132 Å². The van der Waals surface area contributed by atoms with E-state index in [1.165, 1.54) is 5.54 Å². The molecule has 0 radical (unpaired) electrons. The molecule has 0 unspecified atom stereocenters. The van der Waals surface area contributed by atoms with Gasteiger partial charge in [-0.05, 0) is 48.5 Å². The third-order valence-electron chi connectivity index (χ3n) is 5.17. The van der Waals surface area contributed by atoms with Crippen LogP contribution >= 0.6 is 18.9 Å². The number of carbonyl (C=O) groups is 1. The summed E-state index contributed by atoms with van der Waals surface area (Å²) in [7, 11) is -2.44. The Morgan fingerprint density at radius 3 is 1.32 bits per heavy atom. The average Bonchev–Trinajstić information content (AvgIpc) is 2.86. The van der Waals surface area contributed by atoms with E-state index in [2.05, 4.69) is 41.7 Å². The number of rotatable bonds is 6. The van der Waals surface area contributed by atoms with Gasteiger partial charge in [-0.2, -0.15) is 0 Å². The SMILES string of the molecule is O=C(NC(=CCl)[P+](c1ccccc1)(c1ccccc1)c1ccccc1)c1ccccc1. The summed E-state index contributed by atoms with van der Waals surface area (Å²) in [5.74, 6) is -0.181. The monoisotopic (exact) mass is 442 g/mol. The maximum absolute atomic E-state index is 13.2. The predicted octanol–water partition coefficient (Wildman–Crippen LogP) is 5.45. The molecule has 4 aromatic carbocycles. The van der Waals surface area contributed by atoms with Crippen molar-refractivity contribution in [3.63, 3.8) is 0 Å². The molecule has 31 heavy (non-hydrogen) atoms. The second kappa shape index (κ2) is 9.75. The van der Waals surface area contributed by atoms with Gasteiger partial charge in [0.25, 0.3) is 5.91 Å². The van der Waals surface area contributed by atoms with Crippen molar-refractivity contribution in [2.45, 2.75) is 0 Å². The van der Waals surface area contributed by atoms with Gasteiger partial charge in [0.05, 0.1) is 5.54 Å². The summed E-state index contributed by atoms with van der Waals surface area (Å²) in [6, 6.07) is 40.1. The van der Waals surface area contributed by atoms with E-state index in [1.54, 1.807) is 12.1 Å². The average molecular weight is 443 g/mol. The fourth-order valence-corrected chi connectivity index (χ4v) is 8.28. The molecule has 1 N–H and O–H groups in total. The highest BCUT2D eigenvalue weighted by Gasteiger charge is 2.50. The molecule has 0 bridgehead atoms. The lowest BCUT2D eigenvalue weighted by Crippen LogP contribution is -2.38. The summed E-state index contributed by atoms with van der Waals surface area (Å²) in [4.78, 5) is 13.2. The van der Waals surface area contributed by atoms with Gasteiger partial charge in [-0.25, -0.2) is 0 Å². The van der Waals surface area contributed by atoms with Crippen molar-refractivity contribution in [1.29, 1.82) is 0 Å². The first-order valence-corrected chi connectivity index (χ1v) is 12.2. The molecule has 0 aromatic heterocycles. The van der Waals surface area contributed by atoms with Gasteiger partial charge in [-0.15, -0.1) is 0 Å². The minimum absolute atomic E-state index is 0.181. The Bertz CT molecular complexity index is 1070. The molecule has 4 aromatic rings. The van der Waals surface area contributed by atoms with Gasteiger partial charge in [0.1, 0.15) is 15.9 Å². The summed E-state index contributed by atoms with van der Waals surface area (Å²) in [5, 5.41) is 6.51. The highest BCUT2D eigenvalue weighted by atomic mass is 35.5. The van der Waals surface area contributed by atoms with Gasteiger partial charge >= 0.3 is 0 Å². The topological polar surface area (TPSA) is 29.1 Å². The lowest BCUT2D eigenvalue weighted by atomic mass is 10.2. The van der Waals surface area contributed by atoms with Crippen LogP contribution in [0, 0.1) is 0 Å². The highest BCUT2D eigenvalue weighted by Crippen LogP contribution is 2.61. The highest BCUT2D eigenvalue weighted by molar-refractivity contribution is 7.99. The second-order valence-corrected chi connectivity index (χ2v) is 10.6. The standard InChI is InChI=1S/C27H21ClNOP/c28-21-26(29-27(30)22-13-5-1-6-14-22)31(23-15-7-2-8-16-23,24-17-9-3-10-18-24)25-19-11-4-12-20-25/h1-21H/p+1. The Kier molecular flexibility index (Phi) is 6.62. The van der Waals surface area contributed by atoms with E-state index in [1.807, 2.05) is 72.8 Å². The lowest BCUT2D eigenvalue weighted by Gasteiger charge is -2.29. The van der Waals surface area contributed by atoms with Crippen LogP contribution < -0.4 is 21.2 Å². The first-order valence-electron chi connectivity index (χ1n) is 10.00. The molecule has 1 amide bonds. The van der Waals surface area contributed by atoms with E-state index in [0.29, 0.717) is 11.0 Å². The Morgan fingerprint density at radius 2 is 0.968 bits per heavy atom. The van der Waals surface area contributed by atoms with Crippen molar-refractivity contribution in [1.82, 2.24) is 5.32 Å². The third-order valence-corrected chi connectivity index (χ3v) is 9.72. The third kappa shape index (κ3) is 4.18. The summed E-state index contributed by atoms with van der Waals surface area (Å²) in [6.07, 6.45) is 0. The van der Waals surface area contributed by atoms with Crippen LogP contribution in [0.1, 0.15) is 10.4 Å². The van der Waals surface area contributed by atoms with Crippen molar-refractivity contribution in [3.05, 3.63) is 138 Å². The molecule has 0 fully saturated rings. The molecule has 0 heterocycles. The maximum Gasteiger partial charge on any atom is 0.258 e. The van der Waals surface area contributed by atoms with Crippen LogP contribution in [0.3, 0.4) is 0 Å². The van der Waals surface area contributed by atoms with E-state index in [4.69, 9.17) is 11.6 Å². The lowest BCUT2D eigenvalue weighted by molar-refractivity contribution is 0.0968. The van der Waals surface area contributed by atoms with Crippen LogP contribution in [-0.2, 0) is 0 Å². The predicted molar refractivity (Wildman–Crippen MR) is 133 cm³/mol. The van der Waals surface area contributed by atoms with Gasteiger partial charge in [-0.3, -0.25) is 10.1 Å². The van der Waals surface area contributed by atoms with Crippen molar-refractivity contribution in [2.75, 3.05) is 0 Å². The van der Waals surface area contributed by atoms with Crippen molar-refractivity contribution < 1.29 is 4.79 Å². The minimum atomic E-state index is -2.44. The van der Waals surface area contributed by atoms with Crippen molar-refractivity contribution in [2.24, 2.45) is 0 Å². The maximum atomic E-state index is 13.2. The molecule has 4 rings (SSSR count). The normalized spacial score (nSPS) is 11.7. The number of amides is 1. The molecule has 0 aliphatic carbocycles. The largest absolute Gasteiger partial charge is 0.291 e. The van der Waals surface area contributed by atoms with Gasteiger partial charge in [-0.1, -0.05) is 84.4 Å². The van der Waals surface area contributed by atoms with Gasteiger partial charge < -0.3 is 0 Å². The van der Waals surface area contributed by atoms with Crippen molar-refractivity contribution in [3.8, 4) is 0 Å². The quantitative estimate of drug-likeness (QED) is 0.395. The first kappa shape index (κ1) is 21.1. The zero-order valence-electron chi connectivity index (χ0n) is 16.9. The zero-order chi connectivity index (χ0) is 21.5. The van der Waals surface area contributed by atoms with Crippen molar-refractivity contribution >= 4 is 40.7 Å². The van der Waals surface area contributed by atoms with Crippen LogP contribution in [-0.4, -0.2) is 5.91 Å². The number of hydrogen-bond donors (Lipinski definition) is 1. The molecule has 0 aliphatic heterocycles. The molecular weight excluding hydrogens is 421 g/mol. The summed E-state index contributed by atoms with van der Waals surface area (Å²) in [5.41, 5.74) is 2.82. The Morgan fingerprint density at radius 1 is 0.613 bits per heavy atom. The number of carbonyl (C=O) groups excluding carboxylic acids is 1. The zero-order valence-corrected chi connectivity index (χ0v) is 18.5. The van der Waals surface area contributed by atoms with Gasteiger partial charge in [0.2, 0.25) is 0 Å². The van der Waals surface area contributed by atoms with Crippen LogP contribution in [0.25, 0.3) is 0 Å². The Labute approximate surface area is 188 Å². The molecule has 2 nitrogen and oxygen atoms in total. The minimum Gasteiger partial charge on any atom is -0.291 e. The number of hydrogen-bond acceptors (Lipinski definition) is 1. The molecule has 0 aliphatic rings. The van der Waals surface area contributed by atoms with E-state index >= 15 is 0 Å². The molecule has 0 saturated heterocycles. The van der Waals surface area contributed by atoms with Gasteiger partial charge in [0.15, 0.2) is 12.7 Å². The second-order valence-electron chi connectivity index (χ2n) is 6.99. The molecule has 0 saturated carbocycles. The van der Waals surface area contributed by atoms with E-state index in [9.17, 15) is 4.79 Å². The van der Waals surface area contributed by atoms with Crippen LogP contribution in [0.5, 0.6) is 0 Å². The molecule has 4 heteroatoms. The van der Waals surface area contributed by atoms with Crippen LogP contribution in [0.4, 0.5) is 0 Å². The Hall–Kier alpha value is -3.19. The molecule has 152 valence electrons. The molecule has 0 atom stereocenters. The van der Waals surface area contributed by atoms with Gasteiger partial charge in [0, 0.05) is 5.56 Å². The summed E-state index contributed by atoms with van der Waals surface area (Å²) in [6.45, 7) is 0. The number of nitrogens with one attached hydrogen (secondary N) is 1. The van der Waals surface area contributed by atoms with E-state index in [-0.39, 0.29) is 5.91 Å². The number of halogens is 1. The molecule has 0 spiro atoms. The Balaban J connectivity index is 1.96. The van der Waals surface area contributed by atoms with E-state index < -0.39 is 7.26 Å². The smallest absolute Gasteiger partial charge is 0.258 e. The van der Waals surface area contributed by atoms with E-state index in [0.717, 1.165) is 15.9 Å². The first-order chi connectivity index (χ1) is 15.3. The van der Waals surface area contributed by atoms with Crippen LogP contribution in [0.2, 0.25) is 0 Å².